The highest BCUT2D eigenvalue weighted by Gasteiger charge is 2.19. The van der Waals surface area contributed by atoms with Crippen molar-refractivity contribution in [2.45, 2.75) is 44.9 Å². The Morgan fingerprint density at radius 3 is 2.14 bits per heavy atom. The quantitative estimate of drug-likeness (QED) is 0.656. The van der Waals surface area contributed by atoms with Crippen LogP contribution in [0.2, 0.25) is 0 Å². The first-order valence-corrected chi connectivity index (χ1v) is 6.80. The van der Waals surface area contributed by atoms with Gasteiger partial charge in [-0.05, 0) is 23.5 Å². The van der Waals surface area contributed by atoms with Gasteiger partial charge in [0.05, 0.1) is 4.83 Å². The molecule has 0 radical (unpaired) electrons. The first-order chi connectivity index (χ1) is 6.32. The zero-order valence-electron chi connectivity index (χ0n) is 9.60. The van der Waals surface area contributed by atoms with E-state index in [-0.39, 0.29) is 5.41 Å². The molecule has 2 heteroatoms. The zero-order chi connectivity index (χ0) is 10.9. The fourth-order valence-corrected chi connectivity index (χ4v) is 2.88. The number of hydrogen-bond acceptors (Lipinski definition) is 1. The number of thiophene rings is 1. The van der Waals surface area contributed by atoms with Gasteiger partial charge in [-0.1, -0.05) is 50.5 Å². The van der Waals surface area contributed by atoms with Crippen molar-refractivity contribution in [1.82, 2.24) is 0 Å². The van der Waals surface area contributed by atoms with Gasteiger partial charge < -0.3 is 0 Å². The number of halogens is 1. The van der Waals surface area contributed by atoms with Crippen molar-refractivity contribution >= 4 is 27.3 Å². The van der Waals surface area contributed by atoms with Crippen molar-refractivity contribution < 1.29 is 0 Å². The van der Waals surface area contributed by atoms with Gasteiger partial charge in [0.2, 0.25) is 0 Å². The maximum atomic E-state index is 3.74. The van der Waals surface area contributed by atoms with Gasteiger partial charge in [0.15, 0.2) is 0 Å². The summed E-state index contributed by atoms with van der Waals surface area (Å²) < 4.78 is 0. The Morgan fingerprint density at radius 2 is 1.79 bits per heavy atom. The predicted octanol–water partition coefficient (Wildman–Crippen LogP) is 5.14. The van der Waals surface area contributed by atoms with E-state index in [0.29, 0.717) is 10.7 Å². The Balaban J connectivity index is 2.89. The maximum absolute atomic E-state index is 3.74. The molecule has 1 atom stereocenters. The Morgan fingerprint density at radius 1 is 1.21 bits per heavy atom. The van der Waals surface area contributed by atoms with Crippen molar-refractivity contribution in [2.75, 3.05) is 0 Å². The van der Waals surface area contributed by atoms with Crippen LogP contribution in [0, 0.1) is 5.92 Å². The molecule has 80 valence electrons. The molecule has 0 aliphatic carbocycles. The summed E-state index contributed by atoms with van der Waals surface area (Å²) in [6.45, 7) is 11.3. The van der Waals surface area contributed by atoms with Gasteiger partial charge in [-0.2, -0.15) is 0 Å². The molecular formula is C12H19BrS. The molecule has 1 unspecified atom stereocenters. The molecular weight excluding hydrogens is 256 g/mol. The van der Waals surface area contributed by atoms with Gasteiger partial charge in [0, 0.05) is 9.75 Å². The van der Waals surface area contributed by atoms with Gasteiger partial charge >= 0.3 is 0 Å². The predicted molar refractivity (Wildman–Crippen MR) is 69.5 cm³/mol. The lowest BCUT2D eigenvalue weighted by Gasteiger charge is -2.16. The minimum absolute atomic E-state index is 0.284. The Kier molecular flexibility index (Phi) is 3.81. The molecule has 0 spiro atoms. The van der Waals surface area contributed by atoms with Crippen LogP contribution in [-0.2, 0) is 5.41 Å². The summed E-state index contributed by atoms with van der Waals surface area (Å²) in [4.78, 5) is 3.42. The summed E-state index contributed by atoms with van der Waals surface area (Å²) in [6, 6.07) is 4.52. The molecule has 0 bridgehead atoms. The molecule has 0 fully saturated rings. The van der Waals surface area contributed by atoms with Crippen molar-refractivity contribution in [3.63, 3.8) is 0 Å². The molecule has 1 aromatic heterocycles. The van der Waals surface area contributed by atoms with Crippen LogP contribution in [0.25, 0.3) is 0 Å². The van der Waals surface area contributed by atoms with Gasteiger partial charge in [0.1, 0.15) is 0 Å². The van der Waals surface area contributed by atoms with Crippen molar-refractivity contribution in [2.24, 2.45) is 5.92 Å². The van der Waals surface area contributed by atoms with E-state index >= 15 is 0 Å². The van der Waals surface area contributed by atoms with Crippen molar-refractivity contribution in [3.05, 3.63) is 21.9 Å². The van der Waals surface area contributed by atoms with E-state index in [2.05, 4.69) is 62.7 Å². The van der Waals surface area contributed by atoms with Crippen LogP contribution in [0.3, 0.4) is 0 Å². The standard InChI is InChI=1S/C12H19BrS/c1-8(2)11(13)9-6-7-10(14-9)12(3,4)5/h6-8,11H,1-5H3. The summed E-state index contributed by atoms with van der Waals surface area (Å²) in [5, 5.41) is 0. The summed E-state index contributed by atoms with van der Waals surface area (Å²) in [7, 11) is 0. The van der Waals surface area contributed by atoms with E-state index in [1.807, 2.05) is 11.3 Å². The zero-order valence-corrected chi connectivity index (χ0v) is 12.0. The lowest BCUT2D eigenvalue weighted by Crippen LogP contribution is -2.07. The van der Waals surface area contributed by atoms with E-state index < -0.39 is 0 Å². The lowest BCUT2D eigenvalue weighted by atomic mass is 9.95. The third-order valence-electron chi connectivity index (χ3n) is 2.22. The SMILES string of the molecule is CC(C)C(Br)c1ccc(C(C)(C)C)s1. The smallest absolute Gasteiger partial charge is 0.0512 e. The Hall–Kier alpha value is 0.180. The number of rotatable bonds is 2. The van der Waals surface area contributed by atoms with Crippen LogP contribution in [0.1, 0.15) is 49.2 Å². The second-order valence-corrected chi connectivity index (χ2v) is 7.20. The molecule has 0 aromatic carbocycles. The van der Waals surface area contributed by atoms with E-state index in [9.17, 15) is 0 Å². The molecule has 1 heterocycles. The first-order valence-electron chi connectivity index (χ1n) is 5.06. The Labute approximate surface area is 99.9 Å². The second-order valence-electron chi connectivity index (χ2n) is 5.10. The van der Waals surface area contributed by atoms with Crippen LogP contribution < -0.4 is 0 Å². The highest BCUT2D eigenvalue weighted by atomic mass is 79.9. The fraction of sp³-hybridized carbons (Fsp3) is 0.667. The van der Waals surface area contributed by atoms with Gasteiger partial charge in [-0.3, -0.25) is 0 Å². The van der Waals surface area contributed by atoms with Crippen molar-refractivity contribution in [3.8, 4) is 0 Å². The molecule has 0 aliphatic heterocycles. The molecule has 0 saturated heterocycles. The third-order valence-corrected chi connectivity index (χ3v) is 5.67. The van der Waals surface area contributed by atoms with E-state index in [1.54, 1.807) is 0 Å². The lowest BCUT2D eigenvalue weighted by molar-refractivity contribution is 0.604. The largest absolute Gasteiger partial charge is 0.144 e. The van der Waals surface area contributed by atoms with Crippen LogP contribution in [0.4, 0.5) is 0 Å². The second kappa shape index (κ2) is 4.36. The average Bonchev–Trinajstić information content (AvgIpc) is 2.49. The molecule has 0 amide bonds. The van der Waals surface area contributed by atoms with Gasteiger partial charge in [-0.25, -0.2) is 0 Å². The molecule has 0 aliphatic rings. The van der Waals surface area contributed by atoms with Gasteiger partial charge in [0.25, 0.3) is 0 Å². The van der Waals surface area contributed by atoms with E-state index in [1.165, 1.54) is 9.75 Å². The average molecular weight is 275 g/mol. The first kappa shape index (κ1) is 12.3. The fourth-order valence-electron chi connectivity index (χ4n) is 1.23. The van der Waals surface area contributed by atoms with E-state index in [4.69, 9.17) is 0 Å². The van der Waals surface area contributed by atoms with Crippen LogP contribution >= 0.6 is 27.3 Å². The molecule has 0 saturated carbocycles. The van der Waals surface area contributed by atoms with E-state index in [0.717, 1.165) is 0 Å². The van der Waals surface area contributed by atoms with Gasteiger partial charge in [-0.15, -0.1) is 11.3 Å². The minimum atomic E-state index is 0.284. The normalized spacial score (nSPS) is 14.8. The third kappa shape index (κ3) is 2.83. The molecule has 1 aromatic rings. The van der Waals surface area contributed by atoms with Crippen LogP contribution in [0.5, 0.6) is 0 Å². The minimum Gasteiger partial charge on any atom is -0.144 e. The highest BCUT2D eigenvalue weighted by molar-refractivity contribution is 9.09. The molecule has 0 nitrogen and oxygen atoms in total. The summed E-state index contributed by atoms with van der Waals surface area (Å²) in [6.07, 6.45) is 0. The van der Waals surface area contributed by atoms with Crippen LogP contribution in [0.15, 0.2) is 12.1 Å². The molecule has 0 N–H and O–H groups in total. The number of hydrogen-bond donors (Lipinski definition) is 0. The highest BCUT2D eigenvalue weighted by Crippen LogP contribution is 2.38. The number of alkyl halides is 1. The monoisotopic (exact) mass is 274 g/mol. The van der Waals surface area contributed by atoms with Crippen LogP contribution in [-0.4, -0.2) is 0 Å². The Bertz CT molecular complexity index is 294. The molecule has 1 rings (SSSR count). The topological polar surface area (TPSA) is 0 Å². The summed E-state index contributed by atoms with van der Waals surface area (Å²) in [5.74, 6) is 0.654. The van der Waals surface area contributed by atoms with Crippen molar-refractivity contribution in [1.29, 1.82) is 0 Å². The summed E-state index contributed by atoms with van der Waals surface area (Å²) in [5.41, 5.74) is 0.284. The summed E-state index contributed by atoms with van der Waals surface area (Å²) >= 11 is 5.67. The maximum Gasteiger partial charge on any atom is 0.0512 e. The molecule has 14 heavy (non-hydrogen) atoms.